The molecule has 0 aromatic heterocycles. The SMILES string of the molecule is CNC(/C1=C/CCCCCC1)c1cc(C)ccc1C. The molecule has 2 rings (SSSR count). The lowest BCUT2D eigenvalue weighted by Gasteiger charge is -2.24. The minimum absolute atomic E-state index is 0.401. The van der Waals surface area contributed by atoms with E-state index in [9.17, 15) is 0 Å². The number of benzene rings is 1. The highest BCUT2D eigenvalue weighted by atomic mass is 14.9. The molecule has 0 spiro atoms. The van der Waals surface area contributed by atoms with Gasteiger partial charge in [-0.25, -0.2) is 0 Å². The van der Waals surface area contributed by atoms with Gasteiger partial charge in [-0.15, -0.1) is 0 Å². The van der Waals surface area contributed by atoms with Crippen molar-refractivity contribution in [2.45, 2.75) is 58.4 Å². The van der Waals surface area contributed by atoms with Gasteiger partial charge in [0.1, 0.15) is 0 Å². The third kappa shape index (κ3) is 3.70. The van der Waals surface area contributed by atoms with Crippen LogP contribution in [0, 0.1) is 13.8 Å². The van der Waals surface area contributed by atoms with E-state index in [0.717, 1.165) is 0 Å². The Bertz CT molecular complexity index is 445. The number of hydrogen-bond acceptors (Lipinski definition) is 1. The predicted octanol–water partition coefficient (Wildman–Crippen LogP) is 4.84. The van der Waals surface area contributed by atoms with Crippen molar-refractivity contribution in [3.05, 3.63) is 46.5 Å². The van der Waals surface area contributed by atoms with Gasteiger partial charge in [0.25, 0.3) is 0 Å². The van der Waals surface area contributed by atoms with E-state index in [1.165, 1.54) is 55.2 Å². The zero-order valence-corrected chi connectivity index (χ0v) is 12.6. The molecule has 0 bridgehead atoms. The quantitative estimate of drug-likeness (QED) is 0.764. The van der Waals surface area contributed by atoms with Crippen molar-refractivity contribution in [2.75, 3.05) is 7.05 Å². The van der Waals surface area contributed by atoms with E-state index in [0.29, 0.717) is 6.04 Å². The number of hydrogen-bond donors (Lipinski definition) is 1. The van der Waals surface area contributed by atoms with Crippen molar-refractivity contribution in [1.29, 1.82) is 0 Å². The average molecular weight is 257 g/mol. The van der Waals surface area contributed by atoms with Crippen molar-refractivity contribution in [3.63, 3.8) is 0 Å². The van der Waals surface area contributed by atoms with Gasteiger partial charge < -0.3 is 5.32 Å². The summed E-state index contributed by atoms with van der Waals surface area (Å²) in [6.07, 6.45) is 10.5. The van der Waals surface area contributed by atoms with Crippen molar-refractivity contribution < 1.29 is 0 Å². The van der Waals surface area contributed by atoms with Crippen molar-refractivity contribution in [3.8, 4) is 0 Å². The van der Waals surface area contributed by atoms with Crippen LogP contribution in [0.3, 0.4) is 0 Å². The molecule has 104 valence electrons. The zero-order valence-electron chi connectivity index (χ0n) is 12.6. The molecule has 1 aliphatic carbocycles. The summed E-state index contributed by atoms with van der Waals surface area (Å²) in [5, 5.41) is 3.54. The Labute approximate surface area is 118 Å². The van der Waals surface area contributed by atoms with Crippen molar-refractivity contribution in [2.24, 2.45) is 0 Å². The monoisotopic (exact) mass is 257 g/mol. The van der Waals surface area contributed by atoms with Crippen molar-refractivity contribution >= 4 is 0 Å². The molecule has 1 atom stereocenters. The molecule has 1 N–H and O–H groups in total. The highest BCUT2D eigenvalue weighted by Gasteiger charge is 2.17. The van der Waals surface area contributed by atoms with Crippen molar-refractivity contribution in [1.82, 2.24) is 5.32 Å². The van der Waals surface area contributed by atoms with Gasteiger partial charge in [0.2, 0.25) is 0 Å². The maximum Gasteiger partial charge on any atom is 0.0536 e. The summed E-state index contributed by atoms with van der Waals surface area (Å²) >= 11 is 0. The molecule has 0 aliphatic heterocycles. The van der Waals surface area contributed by atoms with Crippen LogP contribution in [0.4, 0.5) is 0 Å². The second-order valence-electron chi connectivity index (χ2n) is 5.81. The number of rotatable bonds is 3. The van der Waals surface area contributed by atoms with Crippen LogP contribution < -0.4 is 5.32 Å². The van der Waals surface area contributed by atoms with Crippen LogP contribution in [0.25, 0.3) is 0 Å². The fourth-order valence-corrected chi connectivity index (χ4v) is 3.09. The summed E-state index contributed by atoms with van der Waals surface area (Å²) < 4.78 is 0. The van der Waals surface area contributed by atoms with Crippen LogP contribution in [0.2, 0.25) is 0 Å². The molecule has 0 fully saturated rings. The Morgan fingerprint density at radius 3 is 2.63 bits per heavy atom. The number of likely N-dealkylation sites (N-methyl/N-ethyl adjacent to an activating group) is 1. The molecule has 0 saturated carbocycles. The smallest absolute Gasteiger partial charge is 0.0536 e. The Morgan fingerprint density at radius 2 is 1.84 bits per heavy atom. The van der Waals surface area contributed by atoms with E-state index < -0.39 is 0 Å². The third-order valence-electron chi connectivity index (χ3n) is 4.23. The van der Waals surface area contributed by atoms with E-state index in [2.05, 4.69) is 50.5 Å². The van der Waals surface area contributed by atoms with E-state index in [4.69, 9.17) is 0 Å². The van der Waals surface area contributed by atoms with Gasteiger partial charge in [0.15, 0.2) is 0 Å². The minimum Gasteiger partial charge on any atom is -0.310 e. The second-order valence-corrected chi connectivity index (χ2v) is 5.81. The molecule has 1 unspecified atom stereocenters. The average Bonchev–Trinajstić information content (AvgIpc) is 2.36. The Morgan fingerprint density at radius 1 is 1.05 bits per heavy atom. The largest absolute Gasteiger partial charge is 0.310 e. The number of aryl methyl sites for hydroxylation is 2. The first kappa shape index (κ1) is 14.3. The van der Waals surface area contributed by atoms with E-state index >= 15 is 0 Å². The molecule has 0 amide bonds. The molecule has 1 aromatic carbocycles. The summed E-state index contributed by atoms with van der Waals surface area (Å²) in [4.78, 5) is 0. The maximum atomic E-state index is 3.54. The summed E-state index contributed by atoms with van der Waals surface area (Å²) in [7, 11) is 2.09. The lowest BCUT2D eigenvalue weighted by Crippen LogP contribution is -2.20. The van der Waals surface area contributed by atoms with Gasteiger partial charge in [-0.2, -0.15) is 0 Å². The molecule has 1 aromatic rings. The molecular weight excluding hydrogens is 230 g/mol. The maximum absolute atomic E-state index is 3.54. The van der Waals surface area contributed by atoms with Gasteiger partial charge >= 0.3 is 0 Å². The summed E-state index contributed by atoms with van der Waals surface area (Å²) in [6.45, 7) is 4.41. The van der Waals surface area contributed by atoms with E-state index in [1.54, 1.807) is 5.57 Å². The molecule has 19 heavy (non-hydrogen) atoms. The lowest BCUT2D eigenvalue weighted by atomic mass is 9.88. The molecule has 0 saturated heterocycles. The Hall–Kier alpha value is -1.08. The predicted molar refractivity (Wildman–Crippen MR) is 83.5 cm³/mol. The molecule has 1 aliphatic rings. The third-order valence-corrected chi connectivity index (χ3v) is 4.23. The highest BCUT2D eigenvalue weighted by molar-refractivity contribution is 5.37. The van der Waals surface area contributed by atoms with Gasteiger partial charge in [0.05, 0.1) is 6.04 Å². The first-order valence-corrected chi connectivity index (χ1v) is 7.65. The molecule has 0 heterocycles. The number of allylic oxidation sites excluding steroid dienone is 1. The van der Waals surface area contributed by atoms with Gasteiger partial charge in [-0.3, -0.25) is 0 Å². The fourth-order valence-electron chi connectivity index (χ4n) is 3.09. The van der Waals surface area contributed by atoms with Crippen LogP contribution in [0.1, 0.15) is 61.3 Å². The molecule has 1 heteroatoms. The molecule has 1 nitrogen and oxygen atoms in total. The van der Waals surface area contributed by atoms with E-state index in [-0.39, 0.29) is 0 Å². The van der Waals surface area contributed by atoms with Crippen LogP contribution in [-0.2, 0) is 0 Å². The van der Waals surface area contributed by atoms with Crippen LogP contribution in [0.5, 0.6) is 0 Å². The normalized spacial score (nSPS) is 21.1. The highest BCUT2D eigenvalue weighted by Crippen LogP contribution is 2.30. The molecule has 0 radical (unpaired) electrons. The Balaban J connectivity index is 2.29. The second kappa shape index (κ2) is 6.91. The first-order valence-electron chi connectivity index (χ1n) is 7.65. The minimum atomic E-state index is 0.401. The summed E-state index contributed by atoms with van der Waals surface area (Å²) in [6, 6.07) is 7.20. The van der Waals surface area contributed by atoms with Gasteiger partial charge in [0, 0.05) is 0 Å². The van der Waals surface area contributed by atoms with Gasteiger partial charge in [-0.1, -0.05) is 48.3 Å². The van der Waals surface area contributed by atoms with Gasteiger partial charge in [-0.05, 0) is 57.7 Å². The standard InChI is InChI=1S/C18H27N/c1-14-11-12-15(2)17(13-14)18(19-3)16-9-7-5-4-6-8-10-16/h9,11-13,18-19H,4-8,10H2,1-3H3/b16-9+. The summed E-state index contributed by atoms with van der Waals surface area (Å²) in [5.41, 5.74) is 5.80. The summed E-state index contributed by atoms with van der Waals surface area (Å²) in [5.74, 6) is 0. The number of nitrogens with one attached hydrogen (secondary N) is 1. The van der Waals surface area contributed by atoms with E-state index in [1.807, 2.05) is 0 Å². The molecular formula is C18H27N. The first-order chi connectivity index (χ1) is 9.22. The zero-order chi connectivity index (χ0) is 13.7. The van der Waals surface area contributed by atoms with Crippen LogP contribution >= 0.6 is 0 Å². The Kier molecular flexibility index (Phi) is 5.21. The van der Waals surface area contributed by atoms with Crippen LogP contribution in [-0.4, -0.2) is 7.05 Å². The van der Waals surface area contributed by atoms with Crippen LogP contribution in [0.15, 0.2) is 29.8 Å². The topological polar surface area (TPSA) is 12.0 Å². The fraction of sp³-hybridized carbons (Fsp3) is 0.556. The lowest BCUT2D eigenvalue weighted by molar-refractivity contribution is 0.572.